The molecule has 2 heterocycles. The topological polar surface area (TPSA) is 34.0 Å². The molecule has 0 radical (unpaired) electrons. The number of hydrogen-bond acceptors (Lipinski definition) is 1. The molecule has 0 atom stereocenters. The SMILES string of the molecule is O=C(NCCc1cn2c3c(cccc13)CCC2)C1CCCCC1. The van der Waals surface area contributed by atoms with E-state index in [9.17, 15) is 4.79 Å². The van der Waals surface area contributed by atoms with Gasteiger partial charge in [0.15, 0.2) is 0 Å². The average molecular weight is 310 g/mol. The van der Waals surface area contributed by atoms with Crippen LogP contribution < -0.4 is 5.32 Å². The Morgan fingerprint density at radius 1 is 1.17 bits per heavy atom. The monoisotopic (exact) mass is 310 g/mol. The number of hydrogen-bond donors (Lipinski definition) is 1. The van der Waals surface area contributed by atoms with Gasteiger partial charge in [-0.25, -0.2) is 0 Å². The van der Waals surface area contributed by atoms with E-state index in [-0.39, 0.29) is 11.8 Å². The zero-order chi connectivity index (χ0) is 15.6. The predicted octanol–water partition coefficient (Wildman–Crippen LogP) is 3.83. The van der Waals surface area contributed by atoms with Crippen molar-refractivity contribution in [3.8, 4) is 0 Å². The Hall–Kier alpha value is -1.77. The second-order valence-corrected chi connectivity index (χ2v) is 7.14. The highest BCUT2D eigenvalue weighted by Gasteiger charge is 2.21. The van der Waals surface area contributed by atoms with E-state index in [2.05, 4.69) is 34.3 Å². The van der Waals surface area contributed by atoms with Crippen LogP contribution in [0.5, 0.6) is 0 Å². The van der Waals surface area contributed by atoms with Gasteiger partial charge in [0.05, 0.1) is 5.52 Å². The molecular weight excluding hydrogens is 284 g/mol. The lowest BCUT2D eigenvalue weighted by Gasteiger charge is -2.20. The fourth-order valence-corrected chi connectivity index (χ4v) is 4.36. The Morgan fingerprint density at radius 3 is 2.91 bits per heavy atom. The van der Waals surface area contributed by atoms with Crippen molar-refractivity contribution in [3.63, 3.8) is 0 Å². The summed E-state index contributed by atoms with van der Waals surface area (Å²) in [6.07, 6.45) is 11.6. The standard InChI is InChI=1S/C20H26N2O/c23-20(16-6-2-1-3-7-16)21-12-11-17-14-22-13-5-9-15-8-4-10-18(17)19(15)22/h4,8,10,14,16H,1-3,5-7,9,11-13H2,(H,21,23). The number of aryl methyl sites for hydroxylation is 2. The third kappa shape index (κ3) is 2.89. The molecule has 1 N–H and O–H groups in total. The van der Waals surface area contributed by atoms with E-state index >= 15 is 0 Å². The summed E-state index contributed by atoms with van der Waals surface area (Å²) < 4.78 is 2.41. The lowest BCUT2D eigenvalue weighted by Crippen LogP contribution is -2.33. The van der Waals surface area contributed by atoms with Crippen LogP contribution in [0, 0.1) is 5.92 Å². The molecule has 1 aliphatic heterocycles. The maximum atomic E-state index is 12.3. The third-order valence-electron chi connectivity index (χ3n) is 5.58. The van der Waals surface area contributed by atoms with Gasteiger partial charge in [0.2, 0.25) is 5.91 Å². The van der Waals surface area contributed by atoms with Crippen LogP contribution in [0.2, 0.25) is 0 Å². The van der Waals surface area contributed by atoms with E-state index < -0.39 is 0 Å². The number of nitrogens with zero attached hydrogens (tertiary/aromatic N) is 1. The highest BCUT2D eigenvalue weighted by molar-refractivity contribution is 5.87. The quantitative estimate of drug-likeness (QED) is 0.915. The van der Waals surface area contributed by atoms with Gasteiger partial charge in [-0.1, -0.05) is 37.5 Å². The fourth-order valence-electron chi connectivity index (χ4n) is 4.36. The molecule has 23 heavy (non-hydrogen) atoms. The maximum absolute atomic E-state index is 12.3. The molecule has 1 aromatic carbocycles. The largest absolute Gasteiger partial charge is 0.356 e. The van der Waals surface area contributed by atoms with Crippen molar-refractivity contribution in [2.75, 3.05) is 6.54 Å². The van der Waals surface area contributed by atoms with E-state index in [1.54, 1.807) is 0 Å². The highest BCUT2D eigenvalue weighted by Crippen LogP contribution is 2.29. The normalized spacial score (nSPS) is 18.3. The number of nitrogens with one attached hydrogen (secondary N) is 1. The number of benzene rings is 1. The Kier molecular flexibility index (Phi) is 4.11. The molecule has 0 spiro atoms. The molecule has 122 valence electrons. The van der Waals surface area contributed by atoms with Gasteiger partial charge < -0.3 is 9.88 Å². The number of amides is 1. The smallest absolute Gasteiger partial charge is 0.223 e. The minimum Gasteiger partial charge on any atom is -0.356 e. The van der Waals surface area contributed by atoms with Gasteiger partial charge in [0.1, 0.15) is 0 Å². The summed E-state index contributed by atoms with van der Waals surface area (Å²) in [5.74, 6) is 0.539. The highest BCUT2D eigenvalue weighted by atomic mass is 16.1. The van der Waals surface area contributed by atoms with Crippen LogP contribution in [-0.4, -0.2) is 17.0 Å². The van der Waals surface area contributed by atoms with Gasteiger partial charge in [0, 0.05) is 30.6 Å². The first-order valence-corrected chi connectivity index (χ1v) is 9.20. The van der Waals surface area contributed by atoms with Crippen LogP contribution in [0.3, 0.4) is 0 Å². The van der Waals surface area contributed by atoms with Crippen LogP contribution in [0.15, 0.2) is 24.4 Å². The van der Waals surface area contributed by atoms with Crippen LogP contribution >= 0.6 is 0 Å². The molecule has 1 amide bonds. The number of rotatable bonds is 4. The molecule has 4 rings (SSSR count). The minimum absolute atomic E-state index is 0.263. The molecule has 1 aromatic heterocycles. The lowest BCUT2D eigenvalue weighted by molar-refractivity contribution is -0.125. The van der Waals surface area contributed by atoms with Crippen molar-refractivity contribution in [3.05, 3.63) is 35.5 Å². The summed E-state index contributed by atoms with van der Waals surface area (Å²) in [5, 5.41) is 4.56. The summed E-state index contributed by atoms with van der Waals surface area (Å²) in [6, 6.07) is 6.67. The maximum Gasteiger partial charge on any atom is 0.223 e. The number of carbonyl (C=O) groups is 1. The molecule has 0 bridgehead atoms. The molecule has 3 heteroatoms. The van der Waals surface area contributed by atoms with Crippen LogP contribution in [0.4, 0.5) is 0 Å². The molecule has 2 aromatic rings. The summed E-state index contributed by atoms with van der Waals surface area (Å²) in [5.41, 5.74) is 4.28. The number of aromatic nitrogens is 1. The second kappa shape index (κ2) is 6.38. The van der Waals surface area contributed by atoms with E-state index in [0.29, 0.717) is 0 Å². The predicted molar refractivity (Wildman–Crippen MR) is 93.5 cm³/mol. The van der Waals surface area contributed by atoms with Gasteiger partial charge >= 0.3 is 0 Å². The Balaban J connectivity index is 1.43. The van der Waals surface area contributed by atoms with Crippen LogP contribution in [0.25, 0.3) is 10.9 Å². The zero-order valence-electron chi connectivity index (χ0n) is 13.8. The van der Waals surface area contributed by atoms with E-state index in [1.807, 2.05) is 0 Å². The first kappa shape index (κ1) is 14.8. The Labute approximate surface area is 138 Å². The van der Waals surface area contributed by atoms with Gasteiger partial charge in [-0.2, -0.15) is 0 Å². The van der Waals surface area contributed by atoms with Crippen LogP contribution in [0.1, 0.15) is 49.7 Å². The molecule has 3 nitrogen and oxygen atoms in total. The number of para-hydroxylation sites is 1. The molecule has 1 aliphatic carbocycles. The molecular formula is C20H26N2O. The molecule has 1 fully saturated rings. The molecule has 0 saturated heterocycles. The molecule has 2 aliphatic rings. The summed E-state index contributed by atoms with van der Waals surface area (Å²) in [4.78, 5) is 12.3. The van der Waals surface area contributed by atoms with Crippen molar-refractivity contribution >= 4 is 16.8 Å². The van der Waals surface area contributed by atoms with Crippen molar-refractivity contribution < 1.29 is 4.79 Å². The first-order chi connectivity index (χ1) is 11.3. The van der Waals surface area contributed by atoms with Gasteiger partial charge in [0.25, 0.3) is 0 Å². The fraction of sp³-hybridized carbons (Fsp3) is 0.550. The third-order valence-corrected chi connectivity index (χ3v) is 5.58. The molecule has 0 unspecified atom stereocenters. The van der Waals surface area contributed by atoms with Gasteiger partial charge in [-0.3, -0.25) is 4.79 Å². The summed E-state index contributed by atoms with van der Waals surface area (Å²) in [6.45, 7) is 1.89. The summed E-state index contributed by atoms with van der Waals surface area (Å²) >= 11 is 0. The summed E-state index contributed by atoms with van der Waals surface area (Å²) in [7, 11) is 0. The van der Waals surface area contributed by atoms with Gasteiger partial charge in [-0.05, 0) is 43.2 Å². The van der Waals surface area contributed by atoms with E-state index in [4.69, 9.17) is 0 Å². The second-order valence-electron chi connectivity index (χ2n) is 7.14. The Bertz CT molecular complexity index is 710. The Morgan fingerprint density at radius 2 is 2.04 bits per heavy atom. The van der Waals surface area contributed by atoms with Crippen LogP contribution in [-0.2, 0) is 24.2 Å². The first-order valence-electron chi connectivity index (χ1n) is 9.20. The van der Waals surface area contributed by atoms with Crippen molar-refractivity contribution in [2.45, 2.75) is 57.9 Å². The van der Waals surface area contributed by atoms with Crippen molar-refractivity contribution in [1.29, 1.82) is 0 Å². The lowest BCUT2D eigenvalue weighted by atomic mass is 9.88. The zero-order valence-corrected chi connectivity index (χ0v) is 13.8. The van der Waals surface area contributed by atoms with E-state index in [0.717, 1.165) is 32.4 Å². The number of carbonyl (C=O) groups excluding carboxylic acids is 1. The van der Waals surface area contributed by atoms with Crippen molar-refractivity contribution in [2.24, 2.45) is 5.92 Å². The van der Waals surface area contributed by atoms with E-state index in [1.165, 1.54) is 54.1 Å². The average Bonchev–Trinajstić information content (AvgIpc) is 2.96. The van der Waals surface area contributed by atoms with Crippen molar-refractivity contribution in [1.82, 2.24) is 9.88 Å². The minimum atomic E-state index is 0.263. The molecule has 1 saturated carbocycles. The van der Waals surface area contributed by atoms with Gasteiger partial charge in [-0.15, -0.1) is 0 Å².